The largest absolute Gasteiger partial charge is 0.351 e. The van der Waals surface area contributed by atoms with Gasteiger partial charge in [-0.25, -0.2) is 8.99 Å². The van der Waals surface area contributed by atoms with E-state index in [4.69, 9.17) is 28.0 Å². The Kier molecular flexibility index (Phi) is 12.8. The normalized spacial score (nSPS) is 22.5. The van der Waals surface area contributed by atoms with Gasteiger partial charge in [-0.2, -0.15) is 0 Å². The van der Waals surface area contributed by atoms with Crippen LogP contribution in [0.5, 0.6) is 0 Å². The zero-order chi connectivity index (χ0) is 36.7. The summed E-state index contributed by atoms with van der Waals surface area (Å²) in [6.45, 7) is 0.660. The summed E-state index contributed by atoms with van der Waals surface area (Å²) in [5, 5.41) is 10.2. The summed E-state index contributed by atoms with van der Waals surface area (Å²) in [5.74, 6) is -1.29. The van der Waals surface area contributed by atoms with E-state index in [0.29, 0.717) is 65.8 Å². The van der Waals surface area contributed by atoms with Crippen LogP contribution in [-0.4, -0.2) is 83.8 Å². The molecule has 2 aliphatic heterocycles. The van der Waals surface area contributed by atoms with Crippen molar-refractivity contribution >= 4 is 62.2 Å². The third kappa shape index (κ3) is 10.5. The highest BCUT2D eigenvalue weighted by Gasteiger charge is 2.33. The number of nitrogens with one attached hydrogen (secondary N) is 4. The molecule has 3 aromatic carbocycles. The van der Waals surface area contributed by atoms with Crippen LogP contribution in [0.3, 0.4) is 0 Å². The van der Waals surface area contributed by atoms with Gasteiger partial charge in [0.25, 0.3) is 0 Å². The van der Waals surface area contributed by atoms with Crippen molar-refractivity contribution in [2.45, 2.75) is 68.0 Å². The van der Waals surface area contributed by atoms with Crippen LogP contribution in [0.2, 0.25) is 10.0 Å². The maximum Gasteiger partial charge on any atom is 0.250 e. The Hall–Kier alpha value is -3.97. The Balaban J connectivity index is 1.41. The van der Waals surface area contributed by atoms with Crippen LogP contribution in [0, 0.1) is 4.78 Å². The number of anilines is 1. The average molecular weight is 756 g/mol. The van der Waals surface area contributed by atoms with E-state index in [1.807, 2.05) is 30.3 Å². The van der Waals surface area contributed by atoms with Crippen molar-refractivity contribution in [3.63, 3.8) is 0 Å². The first-order valence-corrected chi connectivity index (χ1v) is 19.7. The standard InChI is InChI=1S/C37H44Cl2N6O5S/c1-44-17-5-16-41-27(18-24-8-12-29(13-9-24)51(2,40)50)21-34(46)43-32-15-11-26-6-3-4-7-33(26)45(37(32)49)23-35(47)42-28(22-36(44)48)19-25-10-14-30(38)31(39)20-25/h3-4,6-10,12-14,20,27-28,32,40-41H,5,11,15-19,21-23H2,1-2H3,(H,42,47)(H,43,46)/t27-,28+,32-,51?/m0/s1. The molecule has 0 spiro atoms. The molecule has 2 bridgehead atoms. The number of rotatable bonds is 5. The van der Waals surface area contributed by atoms with Gasteiger partial charge in [0, 0.05) is 55.4 Å². The number of hydrogen-bond donors (Lipinski definition) is 4. The van der Waals surface area contributed by atoms with E-state index >= 15 is 0 Å². The van der Waals surface area contributed by atoms with E-state index in [1.165, 1.54) is 11.2 Å². The number of fused-ring (bicyclic) bond motifs is 4. The summed E-state index contributed by atoms with van der Waals surface area (Å²) >= 11 is 12.4. The molecule has 4 N–H and O–H groups in total. The number of aryl methyl sites for hydroxylation is 1. The molecule has 272 valence electrons. The van der Waals surface area contributed by atoms with Crippen molar-refractivity contribution in [3.8, 4) is 0 Å². The molecule has 14 heteroatoms. The van der Waals surface area contributed by atoms with Crippen molar-refractivity contribution in [1.82, 2.24) is 20.9 Å². The molecule has 11 nitrogen and oxygen atoms in total. The fourth-order valence-electron chi connectivity index (χ4n) is 6.53. The first-order chi connectivity index (χ1) is 24.3. The maximum atomic E-state index is 14.1. The van der Waals surface area contributed by atoms with E-state index in [1.54, 1.807) is 48.3 Å². The molecule has 4 amide bonds. The third-order valence-corrected chi connectivity index (χ3v) is 11.2. The second-order valence-electron chi connectivity index (χ2n) is 13.3. The average Bonchev–Trinajstić information content (AvgIpc) is 3.20. The molecule has 51 heavy (non-hydrogen) atoms. The van der Waals surface area contributed by atoms with Gasteiger partial charge >= 0.3 is 0 Å². The van der Waals surface area contributed by atoms with E-state index in [0.717, 1.165) is 16.7 Å². The monoisotopic (exact) mass is 754 g/mol. The Bertz CT molecular complexity index is 1870. The van der Waals surface area contributed by atoms with E-state index < -0.39 is 27.7 Å². The highest BCUT2D eigenvalue weighted by atomic mass is 35.5. The summed E-state index contributed by atoms with van der Waals surface area (Å²) in [5.41, 5.74) is 3.18. The number of nitrogens with zero attached hydrogens (tertiary/aromatic N) is 2. The maximum absolute atomic E-state index is 14.1. The number of benzene rings is 3. The number of carbonyl (C=O) groups excluding carboxylic acids is 4. The number of amides is 4. The van der Waals surface area contributed by atoms with Crippen molar-refractivity contribution < 1.29 is 23.4 Å². The third-order valence-electron chi connectivity index (χ3n) is 9.25. The topological polar surface area (TPSA) is 152 Å². The quantitative estimate of drug-likeness (QED) is 0.304. The molecule has 0 aliphatic carbocycles. The summed E-state index contributed by atoms with van der Waals surface area (Å²) in [6, 6.07) is 17.8. The van der Waals surface area contributed by atoms with E-state index in [2.05, 4.69) is 16.0 Å². The first-order valence-electron chi connectivity index (χ1n) is 17.0. The minimum Gasteiger partial charge on any atom is -0.351 e. The van der Waals surface area contributed by atoms with Gasteiger partial charge in [-0.15, -0.1) is 0 Å². The van der Waals surface area contributed by atoms with Crippen molar-refractivity contribution in [1.29, 1.82) is 4.78 Å². The van der Waals surface area contributed by atoms with Crippen LogP contribution < -0.4 is 20.9 Å². The number of carbonyl (C=O) groups is 4. The minimum atomic E-state index is -2.86. The second kappa shape index (κ2) is 17.0. The number of halogens is 2. The van der Waals surface area contributed by atoms with Gasteiger partial charge in [0.2, 0.25) is 23.6 Å². The molecule has 3 aromatic rings. The molecule has 0 radical (unpaired) electrons. The molecule has 1 unspecified atom stereocenters. The molecule has 5 rings (SSSR count). The summed E-state index contributed by atoms with van der Waals surface area (Å²) in [7, 11) is -1.14. The fraction of sp³-hybridized carbons (Fsp3) is 0.405. The van der Waals surface area contributed by atoms with Gasteiger partial charge < -0.3 is 25.8 Å². The number of para-hydroxylation sites is 1. The lowest BCUT2D eigenvalue weighted by Gasteiger charge is -2.28. The predicted octanol–water partition coefficient (Wildman–Crippen LogP) is 4.36. The summed E-state index contributed by atoms with van der Waals surface area (Å²) < 4.78 is 20.1. The fourth-order valence-corrected chi connectivity index (χ4v) is 7.51. The van der Waals surface area contributed by atoms with Gasteiger partial charge in [0.15, 0.2) is 0 Å². The van der Waals surface area contributed by atoms with Gasteiger partial charge in [-0.05, 0) is 85.7 Å². The van der Waals surface area contributed by atoms with Crippen LogP contribution in [0.1, 0.15) is 42.4 Å². The molecule has 2 heterocycles. The summed E-state index contributed by atoms with van der Waals surface area (Å²) in [4.78, 5) is 58.3. The molecular formula is C37H44Cl2N6O5S. The zero-order valence-corrected chi connectivity index (χ0v) is 31.1. The van der Waals surface area contributed by atoms with Gasteiger partial charge in [-0.1, -0.05) is 59.6 Å². The summed E-state index contributed by atoms with van der Waals surface area (Å²) in [6.07, 6.45) is 3.75. The lowest BCUT2D eigenvalue weighted by atomic mass is 10.0. The molecule has 0 aromatic heterocycles. The predicted molar refractivity (Wildman–Crippen MR) is 200 cm³/mol. The Morgan fingerprint density at radius 3 is 2.29 bits per heavy atom. The molecule has 4 atom stereocenters. The van der Waals surface area contributed by atoms with Crippen LogP contribution in [0.25, 0.3) is 0 Å². The van der Waals surface area contributed by atoms with Crippen molar-refractivity contribution in [2.75, 3.05) is 37.8 Å². The SMILES string of the molecule is CN1CCCN[C@@H](Cc2ccc(S(C)(=N)=O)cc2)CC(=O)N[C@H]2CCc3ccccc3N(CC(=O)N[C@H](Cc3ccc(Cl)c(Cl)c3)CC1=O)C2=O. The van der Waals surface area contributed by atoms with Crippen LogP contribution in [0.15, 0.2) is 71.6 Å². The molecular weight excluding hydrogens is 711 g/mol. The zero-order valence-electron chi connectivity index (χ0n) is 28.8. The van der Waals surface area contributed by atoms with Crippen LogP contribution >= 0.6 is 23.2 Å². The molecule has 1 fully saturated rings. The van der Waals surface area contributed by atoms with Gasteiger partial charge in [-0.3, -0.25) is 19.2 Å². The Labute approximate surface area is 309 Å². The highest BCUT2D eigenvalue weighted by molar-refractivity contribution is 7.91. The Morgan fingerprint density at radius 1 is 0.863 bits per heavy atom. The van der Waals surface area contributed by atoms with Gasteiger partial charge in [0.05, 0.1) is 19.8 Å². The lowest BCUT2D eigenvalue weighted by Crippen LogP contribution is -2.52. The van der Waals surface area contributed by atoms with Crippen molar-refractivity contribution in [2.24, 2.45) is 0 Å². The van der Waals surface area contributed by atoms with Gasteiger partial charge in [0.1, 0.15) is 12.6 Å². The lowest BCUT2D eigenvalue weighted by molar-refractivity contribution is -0.131. The molecule has 1 saturated heterocycles. The second-order valence-corrected chi connectivity index (χ2v) is 16.3. The smallest absolute Gasteiger partial charge is 0.250 e. The van der Waals surface area contributed by atoms with E-state index in [-0.39, 0.29) is 43.1 Å². The van der Waals surface area contributed by atoms with E-state index in [9.17, 15) is 23.4 Å². The highest BCUT2D eigenvalue weighted by Crippen LogP contribution is 2.28. The number of hydrogen-bond acceptors (Lipinski definition) is 7. The Morgan fingerprint density at radius 2 is 1.57 bits per heavy atom. The van der Waals surface area contributed by atoms with Crippen LogP contribution in [-0.2, 0) is 48.2 Å². The first kappa shape index (κ1) is 38.3. The molecule has 0 saturated carbocycles. The minimum absolute atomic E-state index is 0.0280. The molecule has 2 aliphatic rings. The van der Waals surface area contributed by atoms with Crippen molar-refractivity contribution in [3.05, 3.63) is 93.5 Å². The van der Waals surface area contributed by atoms with Crippen LogP contribution in [0.4, 0.5) is 5.69 Å².